The van der Waals surface area contributed by atoms with Gasteiger partial charge in [-0.3, -0.25) is 14.6 Å². The fraction of sp³-hybridized carbons (Fsp3) is 0.231. The van der Waals surface area contributed by atoms with Crippen molar-refractivity contribution in [3.63, 3.8) is 0 Å². The molecule has 2 aromatic carbocycles. The van der Waals surface area contributed by atoms with E-state index >= 15 is 0 Å². The quantitative estimate of drug-likeness (QED) is 0.567. The number of hydrogen-bond acceptors (Lipinski definition) is 6. The molecule has 34 heavy (non-hydrogen) atoms. The molecule has 0 aliphatic carbocycles. The van der Waals surface area contributed by atoms with Gasteiger partial charge in [-0.2, -0.15) is 5.10 Å². The highest BCUT2D eigenvalue weighted by atomic mass is 16.5. The van der Waals surface area contributed by atoms with Gasteiger partial charge in [-0.25, -0.2) is 5.01 Å². The molecule has 2 amide bonds. The smallest absolute Gasteiger partial charge is 0.274 e. The van der Waals surface area contributed by atoms with Gasteiger partial charge >= 0.3 is 0 Å². The van der Waals surface area contributed by atoms with Crippen molar-refractivity contribution in [1.29, 1.82) is 0 Å². The fourth-order valence-electron chi connectivity index (χ4n) is 3.65. The Kier molecular flexibility index (Phi) is 7.17. The third-order valence-electron chi connectivity index (χ3n) is 5.34. The summed E-state index contributed by atoms with van der Waals surface area (Å²) in [6.45, 7) is 2.98. The number of aromatic nitrogens is 1. The second-order valence-electron chi connectivity index (χ2n) is 7.62. The normalized spacial score (nSPS) is 13.1. The van der Waals surface area contributed by atoms with Crippen LogP contribution < -0.4 is 14.8 Å². The molecule has 8 heteroatoms. The highest BCUT2D eigenvalue weighted by Crippen LogP contribution is 2.29. The lowest BCUT2D eigenvalue weighted by atomic mass is 10.0. The first-order chi connectivity index (χ1) is 16.6. The van der Waals surface area contributed by atoms with E-state index in [1.165, 1.54) is 5.01 Å². The Hall–Kier alpha value is -4.20. The number of hydrogen-bond donors (Lipinski definition) is 1. The number of nitrogens with zero attached hydrogens (tertiary/aromatic N) is 3. The lowest BCUT2D eigenvalue weighted by Gasteiger charge is -2.24. The maximum absolute atomic E-state index is 13.1. The second-order valence-corrected chi connectivity index (χ2v) is 7.62. The Morgan fingerprint density at radius 3 is 2.59 bits per heavy atom. The SMILES string of the molecule is CCOc1cc(C2=NN(C(=O)c3ccc(NC(=O)c4ccccn4)cc3)CCC2)ccc1OC. The predicted molar refractivity (Wildman–Crippen MR) is 130 cm³/mol. The van der Waals surface area contributed by atoms with E-state index in [4.69, 9.17) is 9.47 Å². The van der Waals surface area contributed by atoms with Gasteiger partial charge < -0.3 is 14.8 Å². The van der Waals surface area contributed by atoms with Crippen molar-refractivity contribution < 1.29 is 19.1 Å². The van der Waals surface area contributed by atoms with E-state index in [0.717, 1.165) is 24.1 Å². The van der Waals surface area contributed by atoms with Crippen molar-refractivity contribution in [3.8, 4) is 11.5 Å². The van der Waals surface area contributed by atoms with Crippen LogP contribution in [0, 0.1) is 0 Å². The zero-order valence-corrected chi connectivity index (χ0v) is 19.2. The van der Waals surface area contributed by atoms with Crippen LogP contribution in [0.4, 0.5) is 5.69 Å². The van der Waals surface area contributed by atoms with Crippen LogP contribution in [-0.2, 0) is 0 Å². The number of rotatable bonds is 7. The zero-order chi connectivity index (χ0) is 23.9. The number of amides is 2. The predicted octanol–water partition coefficient (Wildman–Crippen LogP) is 4.38. The summed E-state index contributed by atoms with van der Waals surface area (Å²) in [5.74, 6) is 0.802. The molecule has 174 valence electrons. The van der Waals surface area contributed by atoms with E-state index in [1.54, 1.807) is 55.8 Å². The number of pyridine rings is 1. The van der Waals surface area contributed by atoms with Crippen molar-refractivity contribution in [3.05, 3.63) is 83.7 Å². The Balaban J connectivity index is 1.48. The highest BCUT2D eigenvalue weighted by Gasteiger charge is 2.21. The summed E-state index contributed by atoms with van der Waals surface area (Å²) in [5.41, 5.74) is 3.11. The van der Waals surface area contributed by atoms with E-state index in [0.29, 0.717) is 41.6 Å². The number of carbonyl (C=O) groups is 2. The summed E-state index contributed by atoms with van der Waals surface area (Å²) >= 11 is 0. The molecule has 4 rings (SSSR count). The number of methoxy groups -OCH3 is 1. The van der Waals surface area contributed by atoms with Gasteiger partial charge in [0.05, 0.1) is 19.4 Å². The Morgan fingerprint density at radius 2 is 1.88 bits per heavy atom. The molecule has 3 aromatic rings. The van der Waals surface area contributed by atoms with Gasteiger partial charge in [-0.05, 0) is 74.4 Å². The molecular formula is C26H26N4O4. The second kappa shape index (κ2) is 10.6. The molecule has 0 bridgehead atoms. The van der Waals surface area contributed by atoms with Crippen LogP contribution >= 0.6 is 0 Å². The number of carbonyl (C=O) groups excluding carboxylic acids is 2. The summed E-state index contributed by atoms with van der Waals surface area (Å²) in [5, 5.41) is 8.89. The van der Waals surface area contributed by atoms with Gasteiger partial charge in [0.2, 0.25) is 0 Å². The van der Waals surface area contributed by atoms with Crippen molar-refractivity contribution in [2.75, 3.05) is 25.6 Å². The minimum atomic E-state index is -0.309. The maximum atomic E-state index is 13.1. The minimum absolute atomic E-state index is 0.196. The van der Waals surface area contributed by atoms with Crippen molar-refractivity contribution >= 4 is 23.2 Å². The van der Waals surface area contributed by atoms with Crippen molar-refractivity contribution in [1.82, 2.24) is 9.99 Å². The number of anilines is 1. The van der Waals surface area contributed by atoms with Crippen molar-refractivity contribution in [2.45, 2.75) is 19.8 Å². The lowest BCUT2D eigenvalue weighted by Crippen LogP contribution is -2.32. The Bertz CT molecular complexity index is 1190. The first-order valence-corrected chi connectivity index (χ1v) is 11.1. The molecule has 0 saturated carbocycles. The largest absolute Gasteiger partial charge is 0.493 e. The van der Waals surface area contributed by atoms with E-state index in [-0.39, 0.29) is 11.8 Å². The molecule has 0 atom stereocenters. The first-order valence-electron chi connectivity index (χ1n) is 11.1. The molecule has 2 heterocycles. The van der Waals surface area contributed by atoms with Gasteiger partial charge in [-0.15, -0.1) is 0 Å². The lowest BCUT2D eigenvalue weighted by molar-refractivity contribution is 0.0751. The molecular weight excluding hydrogens is 432 g/mol. The van der Waals surface area contributed by atoms with E-state index in [1.807, 2.05) is 25.1 Å². The summed E-state index contributed by atoms with van der Waals surface area (Å²) in [6.07, 6.45) is 3.13. The molecule has 0 fully saturated rings. The van der Waals surface area contributed by atoms with Gasteiger partial charge in [-0.1, -0.05) is 6.07 Å². The van der Waals surface area contributed by atoms with E-state index in [2.05, 4.69) is 15.4 Å². The molecule has 0 spiro atoms. The highest BCUT2D eigenvalue weighted by molar-refractivity contribution is 6.04. The monoisotopic (exact) mass is 458 g/mol. The molecule has 1 aliphatic heterocycles. The Labute approximate surface area is 198 Å². The average Bonchev–Trinajstić information content (AvgIpc) is 2.89. The van der Waals surface area contributed by atoms with Crippen LogP contribution in [0.15, 0.2) is 72.0 Å². The van der Waals surface area contributed by atoms with Gasteiger partial charge in [0, 0.05) is 29.6 Å². The zero-order valence-electron chi connectivity index (χ0n) is 19.2. The van der Waals surface area contributed by atoms with Gasteiger partial charge in [0.25, 0.3) is 11.8 Å². The van der Waals surface area contributed by atoms with E-state index in [9.17, 15) is 9.59 Å². The van der Waals surface area contributed by atoms with Crippen LogP contribution in [0.3, 0.4) is 0 Å². The van der Waals surface area contributed by atoms with Crippen LogP contribution in [0.2, 0.25) is 0 Å². The third kappa shape index (κ3) is 5.23. The minimum Gasteiger partial charge on any atom is -0.493 e. The molecule has 0 unspecified atom stereocenters. The van der Waals surface area contributed by atoms with Crippen LogP contribution in [0.25, 0.3) is 0 Å². The summed E-state index contributed by atoms with van der Waals surface area (Å²) < 4.78 is 11.0. The molecule has 1 aromatic heterocycles. The topological polar surface area (TPSA) is 93.1 Å². The van der Waals surface area contributed by atoms with Gasteiger partial charge in [0.1, 0.15) is 5.69 Å². The summed E-state index contributed by atoms with van der Waals surface area (Å²) in [7, 11) is 1.60. The number of benzene rings is 2. The molecule has 1 aliphatic rings. The fourth-order valence-corrected chi connectivity index (χ4v) is 3.65. The third-order valence-corrected chi connectivity index (χ3v) is 5.34. The molecule has 0 saturated heterocycles. The molecule has 8 nitrogen and oxygen atoms in total. The summed E-state index contributed by atoms with van der Waals surface area (Å²) in [6, 6.07) is 17.6. The van der Waals surface area contributed by atoms with Crippen LogP contribution in [0.5, 0.6) is 11.5 Å². The van der Waals surface area contributed by atoms with Crippen LogP contribution in [0.1, 0.15) is 46.2 Å². The van der Waals surface area contributed by atoms with Crippen LogP contribution in [-0.4, -0.2) is 47.8 Å². The maximum Gasteiger partial charge on any atom is 0.274 e. The first kappa shape index (κ1) is 23.0. The van der Waals surface area contributed by atoms with Crippen molar-refractivity contribution in [2.24, 2.45) is 5.10 Å². The standard InChI is InChI=1S/C26H26N4O4/c1-3-34-24-17-19(11-14-23(24)33-2)21-8-6-16-30(29-21)26(32)18-9-12-20(13-10-18)28-25(31)22-7-4-5-15-27-22/h4-5,7,9-15,17H,3,6,8,16H2,1-2H3,(H,28,31). The molecule has 0 radical (unpaired) electrons. The van der Waals surface area contributed by atoms with Gasteiger partial charge in [0.15, 0.2) is 11.5 Å². The number of nitrogens with one attached hydrogen (secondary N) is 1. The number of hydrazone groups is 1. The Morgan fingerprint density at radius 1 is 1.06 bits per heavy atom. The summed E-state index contributed by atoms with van der Waals surface area (Å²) in [4.78, 5) is 29.4. The molecule has 1 N–H and O–H groups in total. The number of ether oxygens (including phenoxy) is 2. The van der Waals surface area contributed by atoms with E-state index < -0.39 is 0 Å². The average molecular weight is 459 g/mol.